The van der Waals surface area contributed by atoms with Crippen molar-refractivity contribution in [2.75, 3.05) is 19.6 Å². The second kappa shape index (κ2) is 8.67. The van der Waals surface area contributed by atoms with Gasteiger partial charge in [0.15, 0.2) is 5.96 Å². The molecule has 1 aromatic heterocycles. The quantitative estimate of drug-likeness (QED) is 0.532. The number of benzene rings is 1. The summed E-state index contributed by atoms with van der Waals surface area (Å²) in [6, 6.07) is 8.28. The fourth-order valence-electron chi connectivity index (χ4n) is 2.49. The zero-order chi connectivity index (χ0) is 18.3. The van der Waals surface area contributed by atoms with E-state index in [-0.39, 0.29) is 12.4 Å². The van der Waals surface area contributed by atoms with Gasteiger partial charge in [0.25, 0.3) is 0 Å². The SMILES string of the molecule is CCNC(=NCC(C)(O)c1ccco1)NCCc1ccc(F)cc1C. The third-order valence-electron chi connectivity index (χ3n) is 3.93. The van der Waals surface area contributed by atoms with Crippen LogP contribution in [0.3, 0.4) is 0 Å². The Hall–Kier alpha value is -2.34. The molecule has 5 nitrogen and oxygen atoms in total. The zero-order valence-electron chi connectivity index (χ0n) is 15.0. The first-order valence-corrected chi connectivity index (χ1v) is 8.46. The molecule has 0 radical (unpaired) electrons. The monoisotopic (exact) mass is 347 g/mol. The molecule has 136 valence electrons. The van der Waals surface area contributed by atoms with Gasteiger partial charge in [-0.2, -0.15) is 0 Å². The number of hydrogen-bond acceptors (Lipinski definition) is 3. The Bertz CT molecular complexity index is 697. The van der Waals surface area contributed by atoms with Crippen LogP contribution in [0.2, 0.25) is 0 Å². The van der Waals surface area contributed by atoms with Crippen molar-refractivity contribution in [3.8, 4) is 0 Å². The van der Waals surface area contributed by atoms with Crippen LogP contribution in [0.25, 0.3) is 0 Å². The summed E-state index contributed by atoms with van der Waals surface area (Å²) in [7, 11) is 0. The Morgan fingerprint density at radius 1 is 1.32 bits per heavy atom. The number of nitrogens with zero attached hydrogens (tertiary/aromatic N) is 1. The minimum Gasteiger partial charge on any atom is -0.466 e. The van der Waals surface area contributed by atoms with Crippen LogP contribution >= 0.6 is 0 Å². The fourth-order valence-corrected chi connectivity index (χ4v) is 2.49. The molecule has 25 heavy (non-hydrogen) atoms. The van der Waals surface area contributed by atoms with Gasteiger partial charge in [0.1, 0.15) is 17.2 Å². The van der Waals surface area contributed by atoms with Crippen molar-refractivity contribution in [1.82, 2.24) is 10.6 Å². The molecule has 2 rings (SSSR count). The number of aliphatic hydroxyl groups is 1. The van der Waals surface area contributed by atoms with E-state index >= 15 is 0 Å². The molecule has 0 amide bonds. The van der Waals surface area contributed by atoms with Gasteiger partial charge in [0.05, 0.1) is 12.8 Å². The lowest BCUT2D eigenvalue weighted by molar-refractivity contribution is 0.0437. The van der Waals surface area contributed by atoms with E-state index in [0.29, 0.717) is 24.8 Å². The first-order chi connectivity index (χ1) is 11.9. The zero-order valence-corrected chi connectivity index (χ0v) is 15.0. The van der Waals surface area contributed by atoms with Crippen LogP contribution in [0.5, 0.6) is 0 Å². The lowest BCUT2D eigenvalue weighted by atomic mass is 10.0. The average molecular weight is 347 g/mol. The molecule has 1 aromatic carbocycles. The maximum Gasteiger partial charge on any atom is 0.191 e. The van der Waals surface area contributed by atoms with Gasteiger partial charge in [0.2, 0.25) is 0 Å². The summed E-state index contributed by atoms with van der Waals surface area (Å²) < 4.78 is 18.4. The van der Waals surface area contributed by atoms with Crippen LogP contribution in [0.4, 0.5) is 4.39 Å². The van der Waals surface area contributed by atoms with Crippen LogP contribution in [0.15, 0.2) is 46.0 Å². The topological polar surface area (TPSA) is 69.8 Å². The molecule has 0 saturated heterocycles. The number of rotatable bonds is 7. The highest BCUT2D eigenvalue weighted by Crippen LogP contribution is 2.21. The smallest absolute Gasteiger partial charge is 0.191 e. The van der Waals surface area contributed by atoms with E-state index in [1.807, 2.05) is 13.8 Å². The molecular weight excluding hydrogens is 321 g/mol. The Balaban J connectivity index is 1.93. The van der Waals surface area contributed by atoms with E-state index in [2.05, 4.69) is 15.6 Å². The summed E-state index contributed by atoms with van der Waals surface area (Å²) in [4.78, 5) is 4.43. The van der Waals surface area contributed by atoms with Crippen LogP contribution in [0, 0.1) is 12.7 Å². The number of aryl methyl sites for hydroxylation is 1. The standard InChI is InChI=1S/C19H26FN3O2/c1-4-21-18(23-13-19(3,24)17-6-5-11-25-17)22-10-9-15-7-8-16(20)12-14(15)2/h5-8,11-12,24H,4,9-10,13H2,1-3H3,(H2,21,22,23). The van der Waals surface area contributed by atoms with Gasteiger partial charge >= 0.3 is 0 Å². The number of aliphatic imine (C=N–C) groups is 1. The number of guanidine groups is 1. The fraction of sp³-hybridized carbons (Fsp3) is 0.421. The third-order valence-corrected chi connectivity index (χ3v) is 3.93. The van der Waals surface area contributed by atoms with E-state index in [4.69, 9.17) is 4.42 Å². The Morgan fingerprint density at radius 3 is 2.76 bits per heavy atom. The van der Waals surface area contributed by atoms with Crippen molar-refractivity contribution in [2.24, 2.45) is 4.99 Å². The molecule has 6 heteroatoms. The summed E-state index contributed by atoms with van der Waals surface area (Å²) in [6.45, 7) is 7.09. The number of hydrogen-bond donors (Lipinski definition) is 3. The van der Waals surface area contributed by atoms with Crippen molar-refractivity contribution in [3.05, 3.63) is 59.3 Å². The van der Waals surface area contributed by atoms with Gasteiger partial charge < -0.3 is 20.2 Å². The predicted octanol–water partition coefficient (Wildman–Crippen LogP) is 2.73. The summed E-state index contributed by atoms with van der Waals surface area (Å²) in [6.07, 6.45) is 2.28. The number of halogens is 1. The highest BCUT2D eigenvalue weighted by molar-refractivity contribution is 5.79. The Labute approximate surface area is 148 Å². The molecule has 3 N–H and O–H groups in total. The molecule has 0 fully saturated rings. The molecule has 0 aliphatic heterocycles. The molecular formula is C19H26FN3O2. The predicted molar refractivity (Wildman–Crippen MR) is 97.1 cm³/mol. The Morgan fingerprint density at radius 2 is 2.12 bits per heavy atom. The second-order valence-corrected chi connectivity index (χ2v) is 6.19. The van der Waals surface area contributed by atoms with Crippen molar-refractivity contribution in [1.29, 1.82) is 0 Å². The maximum atomic E-state index is 13.2. The van der Waals surface area contributed by atoms with Crippen LogP contribution in [-0.2, 0) is 12.0 Å². The van der Waals surface area contributed by atoms with Crippen molar-refractivity contribution in [3.63, 3.8) is 0 Å². The van der Waals surface area contributed by atoms with Gasteiger partial charge in [-0.25, -0.2) is 9.38 Å². The molecule has 2 aromatic rings. The summed E-state index contributed by atoms with van der Waals surface area (Å²) in [5.41, 5.74) is 0.858. The molecule has 0 aliphatic carbocycles. The molecule has 1 heterocycles. The van der Waals surface area contributed by atoms with Crippen LogP contribution in [-0.4, -0.2) is 30.7 Å². The highest BCUT2D eigenvalue weighted by Gasteiger charge is 2.26. The van der Waals surface area contributed by atoms with Crippen molar-refractivity contribution in [2.45, 2.75) is 32.8 Å². The molecule has 1 atom stereocenters. The van der Waals surface area contributed by atoms with Crippen molar-refractivity contribution >= 4 is 5.96 Å². The van der Waals surface area contributed by atoms with Crippen molar-refractivity contribution < 1.29 is 13.9 Å². The lowest BCUT2D eigenvalue weighted by Crippen LogP contribution is -2.39. The second-order valence-electron chi connectivity index (χ2n) is 6.19. The molecule has 0 bridgehead atoms. The van der Waals surface area contributed by atoms with Gasteiger partial charge in [0, 0.05) is 13.1 Å². The van der Waals surface area contributed by atoms with E-state index < -0.39 is 5.60 Å². The number of furan rings is 1. The summed E-state index contributed by atoms with van der Waals surface area (Å²) >= 11 is 0. The third kappa shape index (κ3) is 5.60. The van der Waals surface area contributed by atoms with Crippen LogP contribution < -0.4 is 10.6 Å². The molecule has 0 saturated carbocycles. The summed E-state index contributed by atoms with van der Waals surface area (Å²) in [5.74, 6) is 0.882. The first kappa shape index (κ1) is 19.0. The summed E-state index contributed by atoms with van der Waals surface area (Å²) in [5, 5.41) is 16.8. The minimum absolute atomic E-state index is 0.172. The van der Waals surface area contributed by atoms with E-state index in [0.717, 1.165) is 17.5 Å². The highest BCUT2D eigenvalue weighted by atomic mass is 19.1. The van der Waals surface area contributed by atoms with E-state index in [1.54, 1.807) is 25.1 Å². The van der Waals surface area contributed by atoms with Gasteiger partial charge in [-0.05, 0) is 62.6 Å². The normalized spacial score (nSPS) is 14.2. The van der Waals surface area contributed by atoms with Gasteiger partial charge in [-0.3, -0.25) is 0 Å². The average Bonchev–Trinajstić information content (AvgIpc) is 3.10. The van der Waals surface area contributed by atoms with Gasteiger partial charge in [-0.15, -0.1) is 0 Å². The van der Waals surface area contributed by atoms with Crippen LogP contribution in [0.1, 0.15) is 30.7 Å². The minimum atomic E-state index is -1.17. The lowest BCUT2D eigenvalue weighted by Gasteiger charge is -2.19. The number of nitrogens with one attached hydrogen (secondary N) is 2. The molecule has 0 spiro atoms. The largest absolute Gasteiger partial charge is 0.466 e. The molecule has 1 unspecified atom stereocenters. The first-order valence-electron chi connectivity index (χ1n) is 8.46. The van der Waals surface area contributed by atoms with E-state index in [1.165, 1.54) is 18.4 Å². The maximum absolute atomic E-state index is 13.2. The van der Waals surface area contributed by atoms with Gasteiger partial charge in [-0.1, -0.05) is 6.07 Å². The Kier molecular flexibility index (Phi) is 6.58. The van der Waals surface area contributed by atoms with E-state index in [9.17, 15) is 9.50 Å². The molecule has 0 aliphatic rings.